The number of aryl methyl sites for hydroxylation is 1. The Labute approximate surface area is 118 Å². The monoisotopic (exact) mass is 282 g/mol. The van der Waals surface area contributed by atoms with Crippen molar-refractivity contribution in [2.24, 2.45) is 7.05 Å². The zero-order chi connectivity index (χ0) is 13.0. The van der Waals surface area contributed by atoms with Crippen LogP contribution in [0.4, 0.5) is 0 Å². The first-order chi connectivity index (χ1) is 8.66. The molecule has 0 aliphatic heterocycles. The van der Waals surface area contributed by atoms with Crippen LogP contribution in [-0.2, 0) is 20.0 Å². The van der Waals surface area contributed by atoms with E-state index in [-0.39, 0.29) is 0 Å². The molecule has 0 bridgehead atoms. The minimum atomic E-state index is 0.681. The van der Waals surface area contributed by atoms with Gasteiger partial charge < -0.3 is 9.88 Å². The highest BCUT2D eigenvalue weighted by Crippen LogP contribution is 2.21. The second-order valence-electron chi connectivity index (χ2n) is 4.27. The lowest BCUT2D eigenvalue weighted by atomic mass is 10.1. The van der Waals surface area contributed by atoms with E-state index < -0.39 is 0 Å². The average molecular weight is 283 g/mol. The molecule has 0 atom stereocenters. The molecule has 2 rings (SSSR count). The van der Waals surface area contributed by atoms with Crippen LogP contribution in [0.5, 0.6) is 0 Å². The van der Waals surface area contributed by atoms with Crippen molar-refractivity contribution in [3.63, 3.8) is 0 Å². The Kier molecular flexibility index (Phi) is 4.70. The number of hydrogen-bond donors (Lipinski definition) is 1. The van der Waals surface area contributed by atoms with Gasteiger partial charge in [-0.2, -0.15) is 0 Å². The van der Waals surface area contributed by atoms with E-state index in [1.165, 1.54) is 5.69 Å². The summed E-state index contributed by atoms with van der Waals surface area (Å²) in [5.41, 5.74) is 2.40. The molecule has 0 aliphatic carbocycles. The molecule has 0 amide bonds. The number of halogens is 2. The summed E-state index contributed by atoms with van der Waals surface area (Å²) in [6.07, 6.45) is 2.95. The van der Waals surface area contributed by atoms with Crippen molar-refractivity contribution < 1.29 is 0 Å². The molecule has 1 aromatic carbocycles. The van der Waals surface area contributed by atoms with Crippen LogP contribution in [0.1, 0.15) is 11.3 Å². The van der Waals surface area contributed by atoms with Crippen molar-refractivity contribution in [2.75, 3.05) is 6.54 Å². The zero-order valence-electron chi connectivity index (χ0n) is 10.3. The summed E-state index contributed by atoms with van der Waals surface area (Å²) in [6, 6.07) is 9.81. The maximum absolute atomic E-state index is 6.12. The lowest BCUT2D eigenvalue weighted by Crippen LogP contribution is -2.18. The third-order valence-electron chi connectivity index (χ3n) is 2.94. The van der Waals surface area contributed by atoms with Crippen LogP contribution in [0.2, 0.25) is 10.0 Å². The minimum absolute atomic E-state index is 0.681. The molecular formula is C14H16Cl2N2. The van der Waals surface area contributed by atoms with E-state index in [9.17, 15) is 0 Å². The molecule has 0 saturated carbocycles. The van der Waals surface area contributed by atoms with Gasteiger partial charge in [0.2, 0.25) is 0 Å². The molecule has 1 heterocycles. The summed E-state index contributed by atoms with van der Waals surface area (Å²) in [6.45, 7) is 1.77. The molecular weight excluding hydrogens is 267 g/mol. The smallest absolute Gasteiger partial charge is 0.0453 e. The summed E-state index contributed by atoms with van der Waals surface area (Å²) >= 11 is 12.0. The Bertz CT molecular complexity index is 520. The Balaban J connectivity index is 1.80. The Morgan fingerprint density at radius 1 is 1.22 bits per heavy atom. The van der Waals surface area contributed by atoms with Crippen molar-refractivity contribution in [1.82, 2.24) is 9.88 Å². The molecule has 18 heavy (non-hydrogen) atoms. The maximum atomic E-state index is 6.12. The van der Waals surface area contributed by atoms with Crippen LogP contribution in [0, 0.1) is 0 Å². The van der Waals surface area contributed by atoms with Crippen LogP contribution >= 0.6 is 23.2 Å². The van der Waals surface area contributed by atoms with Gasteiger partial charge in [0.15, 0.2) is 0 Å². The first-order valence-corrected chi connectivity index (χ1v) is 6.67. The predicted octanol–water partition coefficient (Wildman–Crippen LogP) is 3.66. The topological polar surface area (TPSA) is 17.0 Å². The molecule has 4 heteroatoms. The molecule has 1 aromatic heterocycles. The van der Waals surface area contributed by atoms with Crippen LogP contribution < -0.4 is 5.32 Å². The van der Waals surface area contributed by atoms with Gasteiger partial charge >= 0.3 is 0 Å². The number of benzene rings is 1. The van der Waals surface area contributed by atoms with Gasteiger partial charge in [0.05, 0.1) is 0 Å². The molecule has 0 aliphatic rings. The fourth-order valence-corrected chi connectivity index (χ4v) is 2.35. The minimum Gasteiger partial charge on any atom is -0.353 e. The van der Waals surface area contributed by atoms with E-state index in [4.69, 9.17) is 23.2 Å². The highest BCUT2D eigenvalue weighted by Gasteiger charge is 2.01. The van der Waals surface area contributed by atoms with Gasteiger partial charge in [-0.25, -0.2) is 0 Å². The van der Waals surface area contributed by atoms with Crippen LogP contribution in [0.25, 0.3) is 0 Å². The third-order valence-corrected chi connectivity index (χ3v) is 3.53. The van der Waals surface area contributed by atoms with E-state index in [0.29, 0.717) is 5.02 Å². The zero-order valence-corrected chi connectivity index (χ0v) is 11.8. The normalized spacial score (nSPS) is 10.8. The fourth-order valence-electron chi connectivity index (χ4n) is 1.84. The first-order valence-electron chi connectivity index (χ1n) is 5.91. The SMILES string of the molecule is Cn1cccc1CNCCc1ccc(Cl)cc1Cl. The van der Waals surface area contributed by atoms with Crippen LogP contribution in [0.3, 0.4) is 0 Å². The van der Waals surface area contributed by atoms with E-state index in [2.05, 4.69) is 16.0 Å². The van der Waals surface area contributed by atoms with Crippen LogP contribution in [0.15, 0.2) is 36.5 Å². The quantitative estimate of drug-likeness (QED) is 0.829. The van der Waals surface area contributed by atoms with Crippen molar-refractivity contribution >= 4 is 23.2 Å². The Morgan fingerprint density at radius 2 is 2.06 bits per heavy atom. The number of nitrogens with zero attached hydrogens (tertiary/aromatic N) is 1. The molecule has 2 aromatic rings. The van der Waals surface area contributed by atoms with Crippen molar-refractivity contribution in [1.29, 1.82) is 0 Å². The average Bonchev–Trinajstić information content (AvgIpc) is 2.73. The van der Waals surface area contributed by atoms with Gasteiger partial charge in [0.25, 0.3) is 0 Å². The summed E-state index contributed by atoms with van der Waals surface area (Å²) in [5.74, 6) is 0. The number of rotatable bonds is 5. The summed E-state index contributed by atoms with van der Waals surface area (Å²) in [7, 11) is 2.05. The molecule has 0 unspecified atom stereocenters. The van der Waals surface area contributed by atoms with E-state index >= 15 is 0 Å². The second-order valence-corrected chi connectivity index (χ2v) is 5.12. The first kappa shape index (κ1) is 13.5. The van der Waals surface area contributed by atoms with Gasteiger partial charge in [-0.3, -0.25) is 0 Å². The largest absolute Gasteiger partial charge is 0.353 e. The van der Waals surface area contributed by atoms with Crippen molar-refractivity contribution in [2.45, 2.75) is 13.0 Å². The standard InChI is InChI=1S/C14H16Cl2N2/c1-18-8-2-3-13(18)10-17-7-6-11-4-5-12(15)9-14(11)16/h2-5,8-9,17H,6-7,10H2,1H3. The van der Waals surface area contributed by atoms with E-state index in [1.54, 1.807) is 6.07 Å². The number of aromatic nitrogens is 1. The number of hydrogen-bond acceptors (Lipinski definition) is 1. The molecule has 96 valence electrons. The van der Waals surface area contributed by atoms with Gasteiger partial charge in [0.1, 0.15) is 0 Å². The lowest BCUT2D eigenvalue weighted by Gasteiger charge is -2.07. The molecule has 2 nitrogen and oxygen atoms in total. The summed E-state index contributed by atoms with van der Waals surface area (Å²) in [4.78, 5) is 0. The molecule has 1 N–H and O–H groups in total. The van der Waals surface area contributed by atoms with E-state index in [1.807, 2.05) is 31.4 Å². The van der Waals surface area contributed by atoms with Crippen molar-refractivity contribution in [3.05, 3.63) is 57.8 Å². The van der Waals surface area contributed by atoms with Crippen LogP contribution in [-0.4, -0.2) is 11.1 Å². The summed E-state index contributed by atoms with van der Waals surface area (Å²) in [5, 5.41) is 4.83. The molecule has 0 spiro atoms. The molecule has 0 radical (unpaired) electrons. The third kappa shape index (κ3) is 3.52. The van der Waals surface area contributed by atoms with Gasteiger partial charge in [-0.1, -0.05) is 29.3 Å². The van der Waals surface area contributed by atoms with Gasteiger partial charge in [-0.05, 0) is 42.8 Å². The Hall–Kier alpha value is -0.960. The van der Waals surface area contributed by atoms with Gasteiger partial charge in [0, 0.05) is 35.5 Å². The number of nitrogens with one attached hydrogen (secondary N) is 1. The maximum Gasteiger partial charge on any atom is 0.0453 e. The highest BCUT2D eigenvalue weighted by molar-refractivity contribution is 6.35. The molecule has 0 saturated heterocycles. The predicted molar refractivity (Wildman–Crippen MR) is 77.3 cm³/mol. The van der Waals surface area contributed by atoms with E-state index in [0.717, 1.165) is 30.1 Å². The fraction of sp³-hybridized carbons (Fsp3) is 0.286. The summed E-state index contributed by atoms with van der Waals surface area (Å²) < 4.78 is 2.11. The second kappa shape index (κ2) is 6.28. The highest BCUT2D eigenvalue weighted by atomic mass is 35.5. The molecule has 0 fully saturated rings. The Morgan fingerprint density at radius 3 is 2.72 bits per heavy atom. The van der Waals surface area contributed by atoms with Crippen molar-refractivity contribution in [3.8, 4) is 0 Å². The van der Waals surface area contributed by atoms with Gasteiger partial charge in [-0.15, -0.1) is 0 Å². The lowest BCUT2D eigenvalue weighted by molar-refractivity contribution is 0.653.